The first-order chi connectivity index (χ1) is 9.24. The molecule has 0 amide bonds. The molecule has 102 valence electrons. The Kier molecular flexibility index (Phi) is 2.82. The predicted octanol–water partition coefficient (Wildman–Crippen LogP) is 2.50. The molecule has 0 radical (unpaired) electrons. The van der Waals surface area contributed by atoms with E-state index in [0.29, 0.717) is 10.7 Å². The minimum Gasteiger partial charge on any atom is -0.316 e. The monoisotopic (exact) mass is 275 g/mol. The lowest BCUT2D eigenvalue weighted by atomic mass is 9.57. The molecule has 3 heteroatoms. The Labute approximate surface area is 117 Å². The summed E-state index contributed by atoms with van der Waals surface area (Å²) in [5.41, 5.74) is 2.10. The summed E-state index contributed by atoms with van der Waals surface area (Å²) < 4.78 is 12.0. The predicted molar refractivity (Wildman–Crippen MR) is 77.6 cm³/mol. The lowest BCUT2D eigenvalue weighted by Gasteiger charge is -2.54. The van der Waals surface area contributed by atoms with E-state index in [1.807, 2.05) is 0 Å². The Morgan fingerprint density at radius 2 is 1.84 bits per heavy atom. The molecule has 2 saturated carbocycles. The molecule has 1 atom stereocenters. The number of benzene rings is 1. The molecule has 1 spiro atoms. The zero-order chi connectivity index (χ0) is 12.9. The van der Waals surface area contributed by atoms with Crippen LogP contribution >= 0.6 is 0 Å². The smallest absolute Gasteiger partial charge is 0.0560 e. The van der Waals surface area contributed by atoms with Crippen LogP contribution in [-0.4, -0.2) is 22.5 Å². The van der Waals surface area contributed by atoms with Gasteiger partial charge in [0.15, 0.2) is 0 Å². The average molecular weight is 275 g/mol. The lowest BCUT2D eigenvalue weighted by Crippen LogP contribution is -2.60. The van der Waals surface area contributed by atoms with Crippen molar-refractivity contribution in [1.82, 2.24) is 5.32 Å². The first kappa shape index (κ1) is 12.1. The second kappa shape index (κ2) is 4.42. The Bertz CT molecular complexity index is 494. The van der Waals surface area contributed by atoms with Crippen LogP contribution in [0.25, 0.3) is 0 Å². The molecule has 1 N–H and O–H groups in total. The van der Waals surface area contributed by atoms with Gasteiger partial charge < -0.3 is 5.32 Å². The molecular formula is C16H21NOS. The Hall–Kier alpha value is -0.670. The fraction of sp³-hybridized carbons (Fsp3) is 0.625. The molecule has 1 aromatic rings. The molecule has 1 heterocycles. The summed E-state index contributed by atoms with van der Waals surface area (Å²) in [6, 6.07) is 8.56. The molecule has 1 unspecified atom stereocenters. The van der Waals surface area contributed by atoms with Gasteiger partial charge in [-0.05, 0) is 61.1 Å². The maximum absolute atomic E-state index is 12.0. The molecule has 4 rings (SSSR count). The zero-order valence-electron chi connectivity index (χ0n) is 11.2. The molecule has 3 fully saturated rings. The van der Waals surface area contributed by atoms with E-state index in [-0.39, 0.29) is 0 Å². The summed E-state index contributed by atoms with van der Waals surface area (Å²) in [6.07, 6.45) is 6.29. The third-order valence-electron chi connectivity index (χ3n) is 4.95. The Morgan fingerprint density at radius 3 is 2.37 bits per heavy atom. The average Bonchev–Trinajstić information content (AvgIpc) is 3.15. The van der Waals surface area contributed by atoms with Gasteiger partial charge in [-0.15, -0.1) is 0 Å². The molecular weight excluding hydrogens is 254 g/mol. The number of rotatable bonds is 4. The summed E-state index contributed by atoms with van der Waals surface area (Å²) in [5, 5.41) is 3.84. The van der Waals surface area contributed by atoms with Crippen LogP contribution < -0.4 is 5.32 Å². The number of nitrogens with one attached hydrogen (secondary N) is 1. The van der Waals surface area contributed by atoms with Crippen molar-refractivity contribution < 1.29 is 4.21 Å². The highest BCUT2D eigenvalue weighted by atomic mass is 32.2. The van der Waals surface area contributed by atoms with Crippen molar-refractivity contribution in [2.45, 2.75) is 42.2 Å². The van der Waals surface area contributed by atoms with E-state index in [1.54, 1.807) is 0 Å². The normalized spacial score (nSPS) is 26.7. The van der Waals surface area contributed by atoms with Crippen LogP contribution in [0.3, 0.4) is 0 Å². The van der Waals surface area contributed by atoms with Gasteiger partial charge in [0, 0.05) is 23.2 Å². The highest BCUT2D eigenvalue weighted by Crippen LogP contribution is 2.49. The SMILES string of the molecule is O=S(c1ccc(CC2CC3(CNC3)C2)cc1)C1CC1. The third-order valence-corrected chi connectivity index (χ3v) is 6.76. The van der Waals surface area contributed by atoms with Crippen molar-refractivity contribution >= 4 is 10.8 Å². The van der Waals surface area contributed by atoms with E-state index in [9.17, 15) is 4.21 Å². The molecule has 19 heavy (non-hydrogen) atoms. The molecule has 1 aliphatic heterocycles. The largest absolute Gasteiger partial charge is 0.316 e. The molecule has 1 aromatic carbocycles. The first-order valence-electron chi connectivity index (χ1n) is 7.44. The Morgan fingerprint density at radius 1 is 1.16 bits per heavy atom. The van der Waals surface area contributed by atoms with E-state index < -0.39 is 10.8 Å². The van der Waals surface area contributed by atoms with Crippen LogP contribution in [0.4, 0.5) is 0 Å². The van der Waals surface area contributed by atoms with Crippen molar-refractivity contribution in [1.29, 1.82) is 0 Å². The van der Waals surface area contributed by atoms with Gasteiger partial charge >= 0.3 is 0 Å². The summed E-state index contributed by atoms with van der Waals surface area (Å²) in [4.78, 5) is 1.03. The van der Waals surface area contributed by atoms with Gasteiger partial charge in [-0.3, -0.25) is 4.21 Å². The second-order valence-electron chi connectivity index (χ2n) is 6.72. The fourth-order valence-electron chi connectivity index (χ4n) is 3.64. The molecule has 0 aromatic heterocycles. The van der Waals surface area contributed by atoms with Crippen LogP contribution in [0.2, 0.25) is 0 Å². The van der Waals surface area contributed by atoms with Gasteiger partial charge in [0.25, 0.3) is 0 Å². The van der Waals surface area contributed by atoms with Crippen LogP contribution in [0.1, 0.15) is 31.2 Å². The summed E-state index contributed by atoms with van der Waals surface area (Å²) in [5.74, 6) is 0.877. The van der Waals surface area contributed by atoms with Gasteiger partial charge in [0.2, 0.25) is 0 Å². The highest BCUT2D eigenvalue weighted by molar-refractivity contribution is 7.86. The second-order valence-corrected chi connectivity index (χ2v) is 8.46. The van der Waals surface area contributed by atoms with Crippen LogP contribution in [-0.2, 0) is 17.2 Å². The van der Waals surface area contributed by atoms with Crippen LogP contribution in [0.15, 0.2) is 29.2 Å². The first-order valence-corrected chi connectivity index (χ1v) is 8.66. The van der Waals surface area contributed by atoms with Crippen LogP contribution in [0, 0.1) is 11.3 Å². The van der Waals surface area contributed by atoms with E-state index >= 15 is 0 Å². The summed E-state index contributed by atoms with van der Waals surface area (Å²) in [6.45, 7) is 2.48. The van der Waals surface area contributed by atoms with E-state index in [2.05, 4.69) is 29.6 Å². The Balaban J connectivity index is 1.35. The van der Waals surface area contributed by atoms with Gasteiger partial charge in [-0.25, -0.2) is 0 Å². The quantitative estimate of drug-likeness (QED) is 0.915. The summed E-state index contributed by atoms with van der Waals surface area (Å²) >= 11 is 0. The van der Waals surface area contributed by atoms with Gasteiger partial charge in [0.05, 0.1) is 10.8 Å². The zero-order valence-corrected chi connectivity index (χ0v) is 12.0. The van der Waals surface area contributed by atoms with E-state index in [1.165, 1.54) is 37.9 Å². The fourth-order valence-corrected chi connectivity index (χ4v) is 5.00. The molecule has 1 saturated heterocycles. The van der Waals surface area contributed by atoms with Crippen molar-refractivity contribution in [3.8, 4) is 0 Å². The summed E-state index contributed by atoms with van der Waals surface area (Å²) in [7, 11) is -0.746. The van der Waals surface area contributed by atoms with Gasteiger partial charge in [-0.1, -0.05) is 12.1 Å². The van der Waals surface area contributed by atoms with Crippen molar-refractivity contribution in [3.63, 3.8) is 0 Å². The lowest BCUT2D eigenvalue weighted by molar-refractivity contribution is 0.000889. The minimum atomic E-state index is -0.746. The van der Waals surface area contributed by atoms with Crippen molar-refractivity contribution in [3.05, 3.63) is 29.8 Å². The molecule has 3 aliphatic rings. The molecule has 2 aliphatic carbocycles. The molecule has 0 bridgehead atoms. The van der Waals surface area contributed by atoms with Crippen LogP contribution in [0.5, 0.6) is 0 Å². The number of hydrogen-bond donors (Lipinski definition) is 1. The minimum absolute atomic E-state index is 0.448. The van der Waals surface area contributed by atoms with E-state index in [4.69, 9.17) is 0 Å². The topological polar surface area (TPSA) is 29.1 Å². The van der Waals surface area contributed by atoms with Crippen molar-refractivity contribution in [2.75, 3.05) is 13.1 Å². The molecule has 2 nitrogen and oxygen atoms in total. The van der Waals surface area contributed by atoms with Gasteiger partial charge in [-0.2, -0.15) is 0 Å². The van der Waals surface area contributed by atoms with Crippen molar-refractivity contribution in [2.24, 2.45) is 11.3 Å². The third kappa shape index (κ3) is 2.27. The highest BCUT2D eigenvalue weighted by Gasteiger charge is 2.47. The number of hydrogen-bond acceptors (Lipinski definition) is 2. The van der Waals surface area contributed by atoms with E-state index in [0.717, 1.165) is 23.7 Å². The van der Waals surface area contributed by atoms with Gasteiger partial charge in [0.1, 0.15) is 0 Å². The maximum Gasteiger partial charge on any atom is 0.0560 e. The standard InChI is InChI=1S/C16H21NOS/c18-19(15-5-6-15)14-3-1-12(2-4-14)7-13-8-16(9-13)10-17-11-16/h1-4,13,15,17H,5-11H2. The maximum atomic E-state index is 12.0.